The van der Waals surface area contributed by atoms with E-state index in [0.29, 0.717) is 4.32 Å². The molecule has 0 saturated heterocycles. The molecular formula is C3H7MnNS2Zn. The Hall–Kier alpha value is 1.25. The number of rotatable bonds is 0. The molecule has 0 fully saturated rings. The second kappa shape index (κ2) is 11.1. The zero-order valence-electron chi connectivity index (χ0n) is 4.60. The van der Waals surface area contributed by atoms with Crippen LogP contribution in [0.25, 0.3) is 0 Å². The van der Waals surface area contributed by atoms with Crippen molar-refractivity contribution in [2.45, 2.75) is 6.92 Å². The second-order valence-corrected chi connectivity index (χ2v) is 2.72. The first kappa shape index (κ1) is 16.1. The Balaban J connectivity index is -0.000000125. The number of nitrogens with two attached hydrogens (primary N) is 1. The second-order valence-electron chi connectivity index (χ2n) is 0.726. The van der Waals surface area contributed by atoms with Crippen LogP contribution in [0.15, 0.2) is 0 Å². The zero-order valence-corrected chi connectivity index (χ0v) is 10.5. The molecule has 45 valence electrons. The Labute approximate surface area is 82.0 Å². The maximum atomic E-state index is 5.09. The average Bonchev–Trinajstić information content (AvgIpc) is 1.35. The van der Waals surface area contributed by atoms with Gasteiger partial charge in [-0.15, -0.1) is 11.4 Å². The molecule has 0 aliphatic rings. The first-order valence-corrected chi connectivity index (χ1v) is 2.92. The molecule has 0 spiro atoms. The van der Waals surface area contributed by atoms with Gasteiger partial charge in [-0.3, -0.25) is 0 Å². The fourth-order valence-electron chi connectivity index (χ4n) is 0.127. The quantitative estimate of drug-likeness (QED) is 0.367. The van der Waals surface area contributed by atoms with Crippen LogP contribution in [0.1, 0.15) is 6.92 Å². The summed E-state index contributed by atoms with van der Waals surface area (Å²) in [7, 11) is 0. The summed E-state index contributed by atoms with van der Waals surface area (Å²) in [5, 5.41) is 1.91. The summed E-state index contributed by atoms with van der Waals surface area (Å²) in [6.07, 6.45) is 0. The van der Waals surface area contributed by atoms with Crippen LogP contribution >= 0.6 is 23.6 Å². The monoisotopic (exact) mass is 240 g/mol. The van der Waals surface area contributed by atoms with Crippen LogP contribution in [0.3, 0.4) is 0 Å². The van der Waals surface area contributed by atoms with Gasteiger partial charge >= 0.3 is 0 Å². The van der Waals surface area contributed by atoms with Gasteiger partial charge in [-0.2, -0.15) is 0 Å². The van der Waals surface area contributed by atoms with Gasteiger partial charge < -0.3 is 5.73 Å². The van der Waals surface area contributed by atoms with Crippen molar-refractivity contribution >= 4 is 33.3 Å². The third-order valence-electron chi connectivity index (χ3n) is 0.256. The maximum Gasteiger partial charge on any atom is 0.122 e. The first-order chi connectivity index (χ1) is 2.77. The summed E-state index contributed by atoms with van der Waals surface area (Å²) in [6.45, 7) is 1.92. The van der Waals surface area contributed by atoms with Crippen LogP contribution in [0.5, 0.6) is 0 Å². The van der Waals surface area contributed by atoms with Crippen molar-refractivity contribution in [1.82, 2.24) is 0 Å². The Morgan fingerprint density at radius 3 is 2.12 bits per heavy atom. The third-order valence-corrected chi connectivity index (χ3v) is 1.09. The van der Waals surface area contributed by atoms with E-state index in [1.807, 2.05) is 12.3 Å². The normalized spacial score (nSPS) is 8.12. The van der Waals surface area contributed by atoms with Gasteiger partial charge in [0.05, 0.1) is 0 Å². The van der Waals surface area contributed by atoms with Gasteiger partial charge in [-0.25, -0.2) is 0 Å². The number of hydrogen-bond donors (Lipinski definition) is 2. The van der Waals surface area contributed by atoms with E-state index in [2.05, 4.69) is 12.2 Å². The molecule has 0 aliphatic carbocycles. The fourth-order valence-corrected chi connectivity index (χ4v) is 0.698. The van der Waals surface area contributed by atoms with E-state index in [1.54, 1.807) is 0 Å². The average molecular weight is 242 g/mol. The van der Waals surface area contributed by atoms with Crippen LogP contribution in [0.2, 0.25) is 0 Å². The van der Waals surface area contributed by atoms with Crippen molar-refractivity contribution in [3.63, 3.8) is 0 Å². The Bertz CT molecular complexity index is 85.4. The molecule has 0 bridgehead atoms. The largest absolute Gasteiger partial charge is 0.385 e. The molecule has 0 atom stereocenters. The van der Waals surface area contributed by atoms with Crippen molar-refractivity contribution in [1.29, 1.82) is 0 Å². The van der Waals surface area contributed by atoms with Crippen molar-refractivity contribution < 1.29 is 36.5 Å². The molecule has 0 unspecified atom stereocenters. The van der Waals surface area contributed by atoms with Gasteiger partial charge in [0.25, 0.3) is 0 Å². The van der Waals surface area contributed by atoms with E-state index in [1.165, 1.54) is 0 Å². The molecule has 1 nitrogen and oxygen atoms in total. The van der Waals surface area contributed by atoms with Crippen LogP contribution in [-0.4, -0.2) is 9.69 Å². The molecule has 0 saturated carbocycles. The van der Waals surface area contributed by atoms with Crippen molar-refractivity contribution in [3.05, 3.63) is 0 Å². The van der Waals surface area contributed by atoms with Crippen LogP contribution < -0.4 is 5.73 Å². The minimum Gasteiger partial charge on any atom is -0.385 e. The molecule has 0 aromatic rings. The molecule has 0 rings (SSSR count). The third kappa shape index (κ3) is 15.7. The van der Waals surface area contributed by atoms with Crippen molar-refractivity contribution in [2.24, 2.45) is 5.73 Å². The van der Waals surface area contributed by atoms with Gasteiger partial charge in [0.2, 0.25) is 0 Å². The predicted molar refractivity (Wildman–Crippen MR) is 37.5 cm³/mol. The summed E-state index contributed by atoms with van der Waals surface area (Å²) in [5.41, 5.74) is 5.09. The topological polar surface area (TPSA) is 26.0 Å². The summed E-state index contributed by atoms with van der Waals surface area (Å²) in [4.78, 5) is 0. The molecule has 2 N–H and O–H groups in total. The number of thiocarbonyl (C=S) groups is 1. The van der Waals surface area contributed by atoms with E-state index in [-0.39, 0.29) is 36.5 Å². The molecule has 0 aromatic heterocycles. The zero-order chi connectivity index (χ0) is 4.99. The van der Waals surface area contributed by atoms with E-state index >= 15 is 0 Å². The molecule has 0 aliphatic heterocycles. The molecule has 0 heterocycles. The number of thiol groups is 1. The van der Waals surface area contributed by atoms with Crippen molar-refractivity contribution in [2.75, 3.05) is 0 Å². The van der Waals surface area contributed by atoms with Gasteiger partial charge in [-0.05, 0) is 6.92 Å². The Morgan fingerprint density at radius 2 is 2.12 bits per heavy atom. The summed E-state index contributed by atoms with van der Waals surface area (Å²) in [6, 6.07) is 0. The standard InChI is InChI=1S/C3H7NS2.Mn.Zn/c1-2-6-3(4)5;;/h2,6H,1H3,(H2,4,5);;. The molecule has 0 aromatic carbocycles. The molecule has 1 radical (unpaired) electrons. The minimum absolute atomic E-state index is 0. The smallest absolute Gasteiger partial charge is 0.122 e. The van der Waals surface area contributed by atoms with E-state index in [4.69, 9.17) is 5.73 Å². The van der Waals surface area contributed by atoms with Gasteiger partial charge in [0.15, 0.2) is 0 Å². The predicted octanol–water partition coefficient (Wildman–Crippen LogP) is 0.513. The first-order valence-electron chi connectivity index (χ1n) is 1.55. The maximum absolute atomic E-state index is 5.09. The summed E-state index contributed by atoms with van der Waals surface area (Å²) >= 11 is 5.49. The van der Waals surface area contributed by atoms with Gasteiger partial charge in [0, 0.05) is 36.5 Å². The van der Waals surface area contributed by atoms with Crippen LogP contribution in [0, 0.1) is 0 Å². The van der Waals surface area contributed by atoms with Crippen molar-refractivity contribution in [3.8, 4) is 0 Å². The molecular weight excluding hydrogens is 235 g/mol. The van der Waals surface area contributed by atoms with E-state index in [9.17, 15) is 0 Å². The van der Waals surface area contributed by atoms with Gasteiger partial charge in [0.1, 0.15) is 4.32 Å². The SMILES string of the molecule is CC=[SH]C(N)=S.[Mn].[Zn]. The summed E-state index contributed by atoms with van der Waals surface area (Å²) < 4.78 is 0.539. The number of hydrogen-bond acceptors (Lipinski definition) is 1. The minimum atomic E-state index is 0. The van der Waals surface area contributed by atoms with E-state index < -0.39 is 0 Å². The van der Waals surface area contributed by atoms with Gasteiger partial charge in [-0.1, -0.05) is 17.6 Å². The Morgan fingerprint density at radius 1 is 1.75 bits per heavy atom. The van der Waals surface area contributed by atoms with Crippen LogP contribution in [-0.2, 0) is 36.5 Å². The molecule has 0 amide bonds. The summed E-state index contributed by atoms with van der Waals surface area (Å²) in [5.74, 6) is 0. The molecule has 8 heavy (non-hydrogen) atoms. The molecule has 5 heteroatoms. The van der Waals surface area contributed by atoms with E-state index in [0.717, 1.165) is 11.4 Å². The fraction of sp³-hybridized carbons (Fsp3) is 0.333. The Kier molecular flexibility index (Phi) is 22.4. The van der Waals surface area contributed by atoms with Crippen LogP contribution in [0.4, 0.5) is 0 Å².